The lowest BCUT2D eigenvalue weighted by molar-refractivity contribution is -0.137. The Balaban J connectivity index is 1.46. The largest absolute Gasteiger partial charge is 0.481 e. The van der Waals surface area contributed by atoms with E-state index in [9.17, 15) is 14.4 Å². The Labute approximate surface area is 148 Å². The molecule has 3 amide bonds. The van der Waals surface area contributed by atoms with Crippen molar-refractivity contribution in [3.05, 3.63) is 23.3 Å². The Bertz CT molecular complexity index is 747. The van der Waals surface area contributed by atoms with Gasteiger partial charge in [-0.05, 0) is 12.5 Å². The molecular weight excluding hydrogens is 346 g/mol. The van der Waals surface area contributed by atoms with Gasteiger partial charge in [0.1, 0.15) is 5.58 Å². The average molecular weight is 365 g/mol. The molecule has 134 valence electrons. The molecule has 9 heteroatoms. The Morgan fingerprint density at radius 1 is 1.20 bits per heavy atom. The van der Waals surface area contributed by atoms with E-state index in [-0.39, 0.29) is 18.4 Å². The van der Waals surface area contributed by atoms with Gasteiger partial charge in [-0.25, -0.2) is 4.79 Å². The van der Waals surface area contributed by atoms with E-state index in [0.717, 1.165) is 4.70 Å². The van der Waals surface area contributed by atoms with Gasteiger partial charge in [0.2, 0.25) is 0 Å². The van der Waals surface area contributed by atoms with E-state index >= 15 is 0 Å². The maximum atomic E-state index is 12.5. The van der Waals surface area contributed by atoms with Crippen LogP contribution in [0.2, 0.25) is 0 Å². The number of carbonyl (C=O) groups is 3. The second-order valence-electron chi connectivity index (χ2n) is 5.77. The van der Waals surface area contributed by atoms with Crippen molar-refractivity contribution in [2.75, 3.05) is 32.7 Å². The fraction of sp³-hybridized carbons (Fsp3) is 0.438. The Morgan fingerprint density at radius 3 is 2.60 bits per heavy atom. The van der Waals surface area contributed by atoms with E-state index in [0.29, 0.717) is 49.6 Å². The number of nitrogens with zero attached hydrogens (tertiary/aromatic N) is 2. The van der Waals surface area contributed by atoms with Crippen molar-refractivity contribution in [3.8, 4) is 0 Å². The second kappa shape index (κ2) is 7.56. The number of thiophene rings is 1. The van der Waals surface area contributed by atoms with E-state index in [4.69, 9.17) is 9.52 Å². The van der Waals surface area contributed by atoms with Crippen LogP contribution in [0.3, 0.4) is 0 Å². The van der Waals surface area contributed by atoms with Crippen molar-refractivity contribution in [3.63, 3.8) is 0 Å². The summed E-state index contributed by atoms with van der Waals surface area (Å²) in [6.07, 6.45) is 2.04. The lowest BCUT2D eigenvalue weighted by atomic mass is 10.3. The molecule has 0 aromatic carbocycles. The minimum atomic E-state index is -0.873. The summed E-state index contributed by atoms with van der Waals surface area (Å²) in [4.78, 5) is 39.0. The van der Waals surface area contributed by atoms with E-state index in [1.165, 1.54) is 11.3 Å². The summed E-state index contributed by atoms with van der Waals surface area (Å²) < 4.78 is 6.23. The van der Waals surface area contributed by atoms with Gasteiger partial charge in [-0.1, -0.05) is 0 Å². The van der Waals surface area contributed by atoms with Crippen molar-refractivity contribution in [2.45, 2.75) is 12.8 Å². The molecule has 0 radical (unpaired) electrons. The number of fused-ring (bicyclic) bond motifs is 1. The highest BCUT2D eigenvalue weighted by Crippen LogP contribution is 2.27. The molecule has 25 heavy (non-hydrogen) atoms. The third-order valence-corrected chi connectivity index (χ3v) is 5.12. The fourth-order valence-corrected chi connectivity index (χ4v) is 3.64. The summed E-state index contributed by atoms with van der Waals surface area (Å²) in [6.45, 7) is 2.19. The van der Waals surface area contributed by atoms with Crippen molar-refractivity contribution < 1.29 is 23.9 Å². The predicted octanol–water partition coefficient (Wildman–Crippen LogP) is 1.83. The molecule has 0 saturated carbocycles. The van der Waals surface area contributed by atoms with E-state index in [2.05, 4.69) is 5.32 Å². The fourth-order valence-electron chi connectivity index (χ4n) is 2.69. The van der Waals surface area contributed by atoms with Gasteiger partial charge in [0.25, 0.3) is 5.91 Å². The number of carboxylic acids is 1. The molecule has 3 heterocycles. The van der Waals surface area contributed by atoms with E-state index in [1.807, 2.05) is 6.07 Å². The minimum Gasteiger partial charge on any atom is -0.481 e. The number of carboxylic acid groups (broad SMARTS) is 1. The first-order valence-corrected chi connectivity index (χ1v) is 8.87. The van der Waals surface area contributed by atoms with Crippen LogP contribution in [0.4, 0.5) is 4.79 Å². The van der Waals surface area contributed by atoms with E-state index < -0.39 is 5.97 Å². The summed E-state index contributed by atoms with van der Waals surface area (Å²) in [5, 5.41) is 11.3. The maximum Gasteiger partial charge on any atom is 0.317 e. The number of rotatable bonds is 5. The first-order valence-electron chi connectivity index (χ1n) is 8.05. The summed E-state index contributed by atoms with van der Waals surface area (Å²) >= 11 is 1.40. The average Bonchev–Trinajstić information content (AvgIpc) is 3.19. The van der Waals surface area contributed by atoms with Crippen LogP contribution < -0.4 is 5.32 Å². The molecule has 2 N–H and O–H groups in total. The van der Waals surface area contributed by atoms with Crippen LogP contribution in [0, 0.1) is 0 Å². The molecule has 1 aliphatic heterocycles. The molecule has 8 nitrogen and oxygen atoms in total. The van der Waals surface area contributed by atoms with Gasteiger partial charge in [0.15, 0.2) is 0 Å². The quantitative estimate of drug-likeness (QED) is 0.787. The smallest absolute Gasteiger partial charge is 0.317 e. The molecule has 1 saturated heterocycles. The highest BCUT2D eigenvalue weighted by Gasteiger charge is 2.26. The zero-order valence-electron chi connectivity index (χ0n) is 13.6. The standard InChI is InChI=1S/C16H19N3O5S/c20-14(21)2-1-4-17-16(23)19-7-5-18(6-8-19)15(22)13-10-11-12(25-13)3-9-24-11/h3,9-10H,1-2,4-8H2,(H,17,23)(H,20,21). The normalized spacial score (nSPS) is 14.7. The number of furan rings is 1. The highest BCUT2D eigenvalue weighted by atomic mass is 32.1. The van der Waals surface area contributed by atoms with Gasteiger partial charge in [0.05, 0.1) is 15.8 Å². The van der Waals surface area contributed by atoms with Crippen LogP contribution in [-0.4, -0.2) is 65.5 Å². The Kier molecular flexibility index (Phi) is 5.22. The van der Waals surface area contributed by atoms with Gasteiger partial charge in [-0.3, -0.25) is 9.59 Å². The SMILES string of the molecule is O=C(O)CCCNC(=O)N1CCN(C(=O)c2cc3occc3s2)CC1. The van der Waals surface area contributed by atoms with Crippen molar-refractivity contribution >= 4 is 39.5 Å². The van der Waals surface area contributed by atoms with Crippen LogP contribution in [-0.2, 0) is 4.79 Å². The summed E-state index contributed by atoms with van der Waals surface area (Å²) in [6, 6.07) is 3.37. The van der Waals surface area contributed by atoms with Gasteiger partial charge >= 0.3 is 12.0 Å². The molecule has 3 rings (SSSR count). The molecule has 2 aromatic rings. The van der Waals surface area contributed by atoms with Gasteiger partial charge in [0, 0.05) is 45.2 Å². The number of urea groups is 1. The predicted molar refractivity (Wildman–Crippen MR) is 91.8 cm³/mol. The Hall–Kier alpha value is -2.55. The molecule has 0 bridgehead atoms. The van der Waals surface area contributed by atoms with Crippen LogP contribution in [0.25, 0.3) is 10.3 Å². The number of piperazine rings is 1. The minimum absolute atomic E-state index is 0.0340. The van der Waals surface area contributed by atoms with Gasteiger partial charge < -0.3 is 24.6 Å². The molecule has 1 aliphatic rings. The molecule has 0 unspecified atom stereocenters. The number of nitrogens with one attached hydrogen (secondary N) is 1. The van der Waals surface area contributed by atoms with Crippen molar-refractivity contribution in [1.29, 1.82) is 0 Å². The first kappa shape index (κ1) is 17.3. The molecule has 2 aromatic heterocycles. The number of carbonyl (C=O) groups excluding carboxylic acids is 2. The maximum absolute atomic E-state index is 12.5. The third kappa shape index (κ3) is 4.11. The highest BCUT2D eigenvalue weighted by molar-refractivity contribution is 7.20. The molecule has 0 spiro atoms. The summed E-state index contributed by atoms with van der Waals surface area (Å²) in [7, 11) is 0. The topological polar surface area (TPSA) is 103 Å². The summed E-state index contributed by atoms with van der Waals surface area (Å²) in [5.41, 5.74) is 0.715. The molecular formula is C16H19N3O5S. The molecule has 0 atom stereocenters. The van der Waals surface area contributed by atoms with Crippen molar-refractivity contribution in [2.24, 2.45) is 0 Å². The zero-order chi connectivity index (χ0) is 17.8. The zero-order valence-corrected chi connectivity index (χ0v) is 14.4. The summed E-state index contributed by atoms with van der Waals surface area (Å²) in [5.74, 6) is -0.917. The van der Waals surface area contributed by atoms with Crippen LogP contribution in [0.5, 0.6) is 0 Å². The monoisotopic (exact) mass is 365 g/mol. The number of aliphatic carboxylic acids is 1. The van der Waals surface area contributed by atoms with Crippen molar-refractivity contribution in [1.82, 2.24) is 15.1 Å². The molecule has 1 fully saturated rings. The number of hydrogen-bond donors (Lipinski definition) is 2. The van der Waals surface area contributed by atoms with Gasteiger partial charge in [-0.2, -0.15) is 0 Å². The number of amides is 3. The van der Waals surface area contributed by atoms with Crippen LogP contribution in [0.1, 0.15) is 22.5 Å². The number of hydrogen-bond acceptors (Lipinski definition) is 5. The van der Waals surface area contributed by atoms with Crippen LogP contribution in [0.15, 0.2) is 22.8 Å². The third-order valence-electron chi connectivity index (χ3n) is 4.05. The molecule has 0 aliphatic carbocycles. The second-order valence-corrected chi connectivity index (χ2v) is 6.85. The van der Waals surface area contributed by atoms with Gasteiger partial charge in [-0.15, -0.1) is 11.3 Å². The lowest BCUT2D eigenvalue weighted by Gasteiger charge is -2.34. The lowest BCUT2D eigenvalue weighted by Crippen LogP contribution is -2.53. The Morgan fingerprint density at radius 2 is 1.92 bits per heavy atom. The van der Waals surface area contributed by atoms with E-state index in [1.54, 1.807) is 22.1 Å². The van der Waals surface area contributed by atoms with Crippen LogP contribution >= 0.6 is 11.3 Å². The first-order chi connectivity index (χ1) is 12.0.